The second kappa shape index (κ2) is 9.54. The molecule has 34 heavy (non-hydrogen) atoms. The molecular weight excluding hydrogens is 424 g/mol. The average Bonchev–Trinajstić information content (AvgIpc) is 3.03. The molecule has 3 aromatic carbocycles. The highest BCUT2D eigenvalue weighted by Crippen LogP contribution is 2.41. The van der Waals surface area contributed by atoms with Gasteiger partial charge in [-0.15, -0.1) is 0 Å². The van der Waals surface area contributed by atoms with Gasteiger partial charge in [-0.1, -0.05) is 115 Å². The molecule has 3 aromatic rings. The van der Waals surface area contributed by atoms with Crippen LogP contribution in [-0.2, 0) is 12.8 Å². The van der Waals surface area contributed by atoms with E-state index >= 15 is 0 Å². The van der Waals surface area contributed by atoms with E-state index < -0.39 is 8.07 Å². The second-order valence-corrected chi connectivity index (χ2v) is 14.1. The normalized spacial score (nSPS) is 17.9. The number of allylic oxidation sites excluding steroid dienone is 4. The van der Waals surface area contributed by atoms with Crippen LogP contribution in [0.1, 0.15) is 63.8 Å². The molecule has 0 amide bonds. The van der Waals surface area contributed by atoms with E-state index in [-0.39, 0.29) is 0 Å². The van der Waals surface area contributed by atoms with Crippen molar-refractivity contribution >= 4 is 23.6 Å². The van der Waals surface area contributed by atoms with Crippen LogP contribution in [0.2, 0.25) is 0 Å². The summed E-state index contributed by atoms with van der Waals surface area (Å²) in [6.07, 6.45) is 2.13. The molecule has 0 spiro atoms. The van der Waals surface area contributed by atoms with Gasteiger partial charge < -0.3 is 0 Å². The Morgan fingerprint density at radius 2 is 1.15 bits per heavy atom. The van der Waals surface area contributed by atoms with Gasteiger partial charge in [0.05, 0.1) is 0 Å². The molecule has 2 atom stereocenters. The lowest BCUT2D eigenvalue weighted by Crippen LogP contribution is -2.69. The summed E-state index contributed by atoms with van der Waals surface area (Å²) in [5.41, 5.74) is 10.2. The molecule has 1 aliphatic carbocycles. The smallest absolute Gasteiger partial charge is 0.0636 e. The molecule has 4 rings (SSSR count). The van der Waals surface area contributed by atoms with Crippen molar-refractivity contribution in [1.29, 1.82) is 0 Å². The number of benzene rings is 3. The molecule has 0 radical (unpaired) electrons. The molecule has 0 heterocycles. The van der Waals surface area contributed by atoms with E-state index in [0.717, 1.165) is 12.8 Å². The fraction of sp³-hybridized carbons (Fsp3) is 0.333. The van der Waals surface area contributed by atoms with E-state index in [1.54, 1.807) is 10.4 Å². The van der Waals surface area contributed by atoms with Crippen LogP contribution in [0, 0.1) is 19.8 Å². The van der Waals surface area contributed by atoms with Gasteiger partial charge in [0.25, 0.3) is 0 Å². The lowest BCUT2D eigenvalue weighted by Gasteiger charge is -2.39. The highest BCUT2D eigenvalue weighted by Gasteiger charge is 2.48. The maximum atomic E-state index is 2.55. The summed E-state index contributed by atoms with van der Waals surface area (Å²) >= 11 is 0. The molecule has 0 nitrogen and oxygen atoms in total. The lowest BCUT2D eigenvalue weighted by molar-refractivity contribution is 0.851. The van der Waals surface area contributed by atoms with Crippen LogP contribution in [0.4, 0.5) is 0 Å². The first-order chi connectivity index (χ1) is 16.2. The molecule has 0 bridgehead atoms. The molecule has 0 aromatic heterocycles. The largest absolute Gasteiger partial charge is 0.176 e. The minimum absolute atomic E-state index is 0.447. The average molecular weight is 465 g/mol. The number of hydrogen-bond acceptors (Lipinski definition) is 0. The van der Waals surface area contributed by atoms with Crippen molar-refractivity contribution in [3.8, 4) is 0 Å². The fourth-order valence-corrected chi connectivity index (χ4v) is 12.1. The minimum Gasteiger partial charge on any atom is -0.0636 e. The summed E-state index contributed by atoms with van der Waals surface area (Å²) in [4.78, 5) is 0. The summed E-state index contributed by atoms with van der Waals surface area (Å²) in [7, 11) is -2.52. The van der Waals surface area contributed by atoms with Gasteiger partial charge in [-0.25, -0.2) is 0 Å². The van der Waals surface area contributed by atoms with Gasteiger partial charge in [-0.3, -0.25) is 0 Å². The monoisotopic (exact) mass is 464 g/mol. The third-order valence-corrected chi connectivity index (χ3v) is 13.3. The third kappa shape index (κ3) is 3.94. The number of hydrogen-bond donors (Lipinski definition) is 0. The van der Waals surface area contributed by atoms with E-state index in [9.17, 15) is 0 Å². The zero-order valence-electron chi connectivity index (χ0n) is 22.3. The van der Waals surface area contributed by atoms with Crippen LogP contribution >= 0.6 is 0 Å². The van der Waals surface area contributed by atoms with Crippen molar-refractivity contribution in [3.63, 3.8) is 0 Å². The van der Waals surface area contributed by atoms with Crippen LogP contribution in [-0.4, -0.2) is 8.07 Å². The zero-order valence-corrected chi connectivity index (χ0v) is 23.3. The molecule has 0 saturated carbocycles. The van der Waals surface area contributed by atoms with Crippen LogP contribution in [0.5, 0.6) is 0 Å². The summed E-state index contributed by atoms with van der Waals surface area (Å²) in [5.74, 6) is 0.447. The molecule has 0 aliphatic heterocycles. The van der Waals surface area contributed by atoms with E-state index in [4.69, 9.17) is 0 Å². The number of rotatable bonds is 6. The first-order valence-corrected chi connectivity index (χ1v) is 14.9. The summed E-state index contributed by atoms with van der Waals surface area (Å²) in [6.45, 7) is 18.6. The van der Waals surface area contributed by atoms with E-state index in [0.29, 0.717) is 5.92 Å². The van der Waals surface area contributed by atoms with Crippen molar-refractivity contribution < 1.29 is 0 Å². The fourth-order valence-electron chi connectivity index (χ4n) is 6.20. The predicted molar refractivity (Wildman–Crippen MR) is 152 cm³/mol. The van der Waals surface area contributed by atoms with Crippen LogP contribution in [0.15, 0.2) is 88.6 Å². The van der Waals surface area contributed by atoms with Gasteiger partial charge in [-0.05, 0) is 85.6 Å². The van der Waals surface area contributed by atoms with E-state index in [2.05, 4.69) is 122 Å². The molecule has 0 fully saturated rings. The van der Waals surface area contributed by atoms with Gasteiger partial charge in [0.1, 0.15) is 0 Å². The van der Waals surface area contributed by atoms with Gasteiger partial charge in [0.2, 0.25) is 0 Å². The molecule has 176 valence electrons. The Labute approximate surface area is 208 Å². The second-order valence-electron chi connectivity index (χ2n) is 10.3. The van der Waals surface area contributed by atoms with Crippen molar-refractivity contribution in [2.24, 2.45) is 5.92 Å². The Hall–Kier alpha value is -2.64. The van der Waals surface area contributed by atoms with Crippen LogP contribution < -0.4 is 15.6 Å². The molecule has 1 aliphatic rings. The van der Waals surface area contributed by atoms with Gasteiger partial charge in [-0.2, -0.15) is 0 Å². The highest BCUT2D eigenvalue weighted by atomic mass is 28.3. The Kier molecular flexibility index (Phi) is 6.87. The van der Waals surface area contributed by atoms with Crippen molar-refractivity contribution in [3.05, 3.63) is 111 Å². The van der Waals surface area contributed by atoms with Gasteiger partial charge in [0.15, 0.2) is 8.07 Å². The van der Waals surface area contributed by atoms with Crippen molar-refractivity contribution in [2.45, 2.75) is 68.2 Å². The molecule has 2 unspecified atom stereocenters. The quantitative estimate of drug-likeness (QED) is 0.280. The van der Waals surface area contributed by atoms with Crippen molar-refractivity contribution in [2.75, 3.05) is 0 Å². The van der Waals surface area contributed by atoms with Gasteiger partial charge >= 0.3 is 0 Å². The van der Waals surface area contributed by atoms with Crippen LogP contribution in [0.3, 0.4) is 0 Å². The van der Waals surface area contributed by atoms with E-state index in [1.165, 1.54) is 49.3 Å². The Balaban J connectivity index is 2.24. The standard InChI is InChI=1S/C33H40Si/c1-9-28-19-29(10-2)21-32(20-28)34(30-14-12-11-13-15-30,31-17-22(3)16-23(4)18-31)33-26(7)24(5)25(6)27(33)8/h11-21,26H,9-10H2,1-8H3. The molecular formula is C33H40Si. The Morgan fingerprint density at radius 3 is 1.62 bits per heavy atom. The topological polar surface area (TPSA) is 0 Å². The lowest BCUT2D eigenvalue weighted by atomic mass is 10.1. The summed E-state index contributed by atoms with van der Waals surface area (Å²) < 4.78 is 0. The third-order valence-electron chi connectivity index (χ3n) is 8.21. The zero-order chi connectivity index (χ0) is 24.6. The van der Waals surface area contributed by atoms with Crippen LogP contribution in [0.25, 0.3) is 0 Å². The minimum atomic E-state index is -2.52. The molecule has 0 N–H and O–H groups in total. The maximum absolute atomic E-state index is 2.55. The van der Waals surface area contributed by atoms with Gasteiger partial charge in [0, 0.05) is 0 Å². The molecule has 1 heteroatoms. The van der Waals surface area contributed by atoms with E-state index in [1.807, 2.05) is 0 Å². The SMILES string of the molecule is CCc1cc(CC)cc([Si](C2=C(C)C(C)=C(C)C2C)(c2ccccc2)c2cc(C)cc(C)c2)c1. The Bertz CT molecular complexity index is 1230. The summed E-state index contributed by atoms with van der Waals surface area (Å²) in [5, 5.41) is 6.24. The summed E-state index contributed by atoms with van der Waals surface area (Å²) in [6, 6.07) is 26.3. The maximum Gasteiger partial charge on any atom is 0.176 e. The first-order valence-electron chi connectivity index (χ1n) is 12.9. The highest BCUT2D eigenvalue weighted by molar-refractivity contribution is 7.16. The van der Waals surface area contributed by atoms with Crippen molar-refractivity contribution in [1.82, 2.24) is 0 Å². The molecule has 0 saturated heterocycles. The first kappa shape index (κ1) is 24.5. The predicted octanol–water partition coefficient (Wildman–Crippen LogP) is 6.74. The Morgan fingerprint density at radius 1 is 0.618 bits per heavy atom. The number of aryl methyl sites for hydroxylation is 4.